The zero-order valence-electron chi connectivity index (χ0n) is 7.36. The molecule has 0 spiro atoms. The van der Waals surface area contributed by atoms with Crippen LogP contribution in [0.2, 0.25) is 0 Å². The largest absolute Gasteiger partial charge is 0.505 e. The number of phenols is 1. The SMILES string of the molecule is Cc1noc(-c2ccc(F)c(O)c2)n1. The van der Waals surface area contributed by atoms with Crippen LogP contribution in [0, 0.1) is 12.7 Å². The second kappa shape index (κ2) is 3.10. The van der Waals surface area contributed by atoms with Crippen molar-refractivity contribution in [2.24, 2.45) is 0 Å². The Kier molecular flexibility index (Phi) is 1.92. The van der Waals surface area contributed by atoms with Gasteiger partial charge in [-0.15, -0.1) is 0 Å². The van der Waals surface area contributed by atoms with Crippen molar-refractivity contribution in [3.05, 3.63) is 29.8 Å². The van der Waals surface area contributed by atoms with E-state index in [2.05, 4.69) is 10.1 Å². The highest BCUT2D eigenvalue weighted by Crippen LogP contribution is 2.23. The van der Waals surface area contributed by atoms with E-state index in [1.165, 1.54) is 12.1 Å². The molecule has 14 heavy (non-hydrogen) atoms. The molecular weight excluding hydrogens is 187 g/mol. The van der Waals surface area contributed by atoms with Gasteiger partial charge >= 0.3 is 0 Å². The van der Waals surface area contributed by atoms with Crippen LogP contribution in [0.3, 0.4) is 0 Å². The minimum absolute atomic E-state index is 0.262. The number of benzene rings is 1. The molecule has 0 atom stereocenters. The smallest absolute Gasteiger partial charge is 0.258 e. The highest BCUT2D eigenvalue weighted by Gasteiger charge is 2.08. The topological polar surface area (TPSA) is 59.2 Å². The standard InChI is InChI=1S/C9H7FN2O2/c1-5-11-9(14-12-5)6-2-3-7(10)8(13)4-6/h2-4,13H,1H3. The van der Waals surface area contributed by atoms with E-state index in [1.807, 2.05) is 0 Å². The highest BCUT2D eigenvalue weighted by molar-refractivity contribution is 5.55. The molecule has 0 unspecified atom stereocenters. The normalized spacial score (nSPS) is 10.4. The van der Waals surface area contributed by atoms with Crippen molar-refractivity contribution in [3.63, 3.8) is 0 Å². The lowest BCUT2D eigenvalue weighted by atomic mass is 10.2. The number of aryl methyl sites for hydroxylation is 1. The van der Waals surface area contributed by atoms with Crippen molar-refractivity contribution in [3.8, 4) is 17.2 Å². The molecule has 1 aromatic heterocycles. The zero-order valence-corrected chi connectivity index (χ0v) is 7.36. The Morgan fingerprint density at radius 1 is 1.43 bits per heavy atom. The highest BCUT2D eigenvalue weighted by atomic mass is 19.1. The Morgan fingerprint density at radius 3 is 2.79 bits per heavy atom. The molecule has 5 heteroatoms. The quantitative estimate of drug-likeness (QED) is 0.753. The van der Waals surface area contributed by atoms with E-state index in [9.17, 15) is 4.39 Å². The van der Waals surface area contributed by atoms with Gasteiger partial charge in [-0.2, -0.15) is 4.98 Å². The number of aromatic nitrogens is 2. The first kappa shape index (κ1) is 8.68. The Hall–Kier alpha value is -1.91. The van der Waals surface area contributed by atoms with Gasteiger partial charge in [0, 0.05) is 5.56 Å². The van der Waals surface area contributed by atoms with E-state index in [0.717, 1.165) is 6.07 Å². The lowest BCUT2D eigenvalue weighted by Gasteiger charge is -1.96. The molecule has 0 amide bonds. The van der Waals surface area contributed by atoms with Crippen molar-refractivity contribution >= 4 is 0 Å². The van der Waals surface area contributed by atoms with Crippen LogP contribution < -0.4 is 0 Å². The van der Waals surface area contributed by atoms with Crippen molar-refractivity contribution in [2.45, 2.75) is 6.92 Å². The van der Waals surface area contributed by atoms with Gasteiger partial charge in [-0.25, -0.2) is 4.39 Å². The monoisotopic (exact) mass is 194 g/mol. The number of hydrogen-bond donors (Lipinski definition) is 1. The van der Waals surface area contributed by atoms with E-state index >= 15 is 0 Å². The number of rotatable bonds is 1. The molecule has 0 radical (unpaired) electrons. The summed E-state index contributed by atoms with van der Waals surface area (Å²) in [5.41, 5.74) is 0.490. The molecule has 1 N–H and O–H groups in total. The van der Waals surface area contributed by atoms with Gasteiger partial charge < -0.3 is 9.63 Å². The van der Waals surface area contributed by atoms with Crippen LogP contribution in [-0.2, 0) is 0 Å². The maximum atomic E-state index is 12.7. The van der Waals surface area contributed by atoms with Crippen LogP contribution in [0.4, 0.5) is 4.39 Å². The maximum absolute atomic E-state index is 12.7. The molecule has 1 aromatic carbocycles. The van der Waals surface area contributed by atoms with Crippen LogP contribution in [0.5, 0.6) is 5.75 Å². The summed E-state index contributed by atoms with van der Waals surface area (Å²) in [5.74, 6) is -0.357. The van der Waals surface area contributed by atoms with Crippen LogP contribution >= 0.6 is 0 Å². The Balaban J connectivity index is 2.47. The third-order valence-corrected chi connectivity index (χ3v) is 1.72. The number of hydrogen-bond acceptors (Lipinski definition) is 4. The van der Waals surface area contributed by atoms with Gasteiger partial charge in [0.15, 0.2) is 17.4 Å². The van der Waals surface area contributed by atoms with Crippen LogP contribution in [0.25, 0.3) is 11.5 Å². The van der Waals surface area contributed by atoms with E-state index < -0.39 is 11.6 Å². The Morgan fingerprint density at radius 2 is 2.21 bits per heavy atom. The Bertz CT molecular complexity index is 468. The summed E-state index contributed by atoms with van der Waals surface area (Å²) in [7, 11) is 0. The fourth-order valence-electron chi connectivity index (χ4n) is 1.06. The number of phenolic OH excluding ortho intramolecular Hbond substituents is 1. The predicted molar refractivity (Wildman–Crippen MR) is 46.1 cm³/mol. The van der Waals surface area contributed by atoms with Crippen molar-refractivity contribution in [1.82, 2.24) is 10.1 Å². The fraction of sp³-hybridized carbons (Fsp3) is 0.111. The third kappa shape index (κ3) is 1.44. The van der Waals surface area contributed by atoms with E-state index in [0.29, 0.717) is 11.4 Å². The average Bonchev–Trinajstić information content (AvgIpc) is 2.57. The molecule has 2 rings (SSSR count). The zero-order chi connectivity index (χ0) is 10.1. The lowest BCUT2D eigenvalue weighted by molar-refractivity contribution is 0.421. The molecule has 4 nitrogen and oxygen atoms in total. The fourth-order valence-corrected chi connectivity index (χ4v) is 1.06. The summed E-state index contributed by atoms with van der Waals surface area (Å²) in [6.45, 7) is 1.68. The second-order valence-corrected chi connectivity index (χ2v) is 2.81. The van der Waals surface area contributed by atoms with Crippen LogP contribution in [0.1, 0.15) is 5.82 Å². The van der Waals surface area contributed by atoms with E-state index in [-0.39, 0.29) is 5.89 Å². The summed E-state index contributed by atoms with van der Waals surface area (Å²) < 4.78 is 17.6. The minimum Gasteiger partial charge on any atom is -0.505 e. The van der Waals surface area contributed by atoms with Gasteiger partial charge in [0.25, 0.3) is 5.89 Å². The van der Waals surface area contributed by atoms with Gasteiger partial charge in [0.2, 0.25) is 0 Å². The second-order valence-electron chi connectivity index (χ2n) is 2.81. The molecule has 0 aliphatic heterocycles. The van der Waals surface area contributed by atoms with Crippen LogP contribution in [-0.4, -0.2) is 15.2 Å². The third-order valence-electron chi connectivity index (χ3n) is 1.72. The Labute approximate surface area is 79.0 Å². The van der Waals surface area contributed by atoms with Gasteiger partial charge in [0.1, 0.15) is 0 Å². The molecular formula is C9H7FN2O2. The van der Waals surface area contributed by atoms with Gasteiger partial charge in [-0.05, 0) is 25.1 Å². The van der Waals surface area contributed by atoms with Gasteiger partial charge in [-0.1, -0.05) is 5.16 Å². The molecule has 1 heterocycles. The summed E-state index contributed by atoms with van der Waals surface area (Å²) in [4.78, 5) is 3.94. The number of aromatic hydroxyl groups is 1. The summed E-state index contributed by atoms with van der Waals surface area (Å²) >= 11 is 0. The number of halogens is 1. The molecule has 0 saturated carbocycles. The summed E-state index contributed by atoms with van der Waals surface area (Å²) in [6, 6.07) is 3.84. The van der Waals surface area contributed by atoms with Crippen molar-refractivity contribution in [1.29, 1.82) is 0 Å². The first-order chi connectivity index (χ1) is 6.66. The molecule has 0 saturated heterocycles. The summed E-state index contributed by atoms with van der Waals surface area (Å²) in [5, 5.41) is 12.7. The predicted octanol–water partition coefficient (Wildman–Crippen LogP) is 1.89. The number of nitrogens with zero attached hydrogens (tertiary/aromatic N) is 2. The molecule has 0 aliphatic carbocycles. The van der Waals surface area contributed by atoms with Gasteiger partial charge in [-0.3, -0.25) is 0 Å². The summed E-state index contributed by atoms with van der Waals surface area (Å²) in [6.07, 6.45) is 0. The average molecular weight is 194 g/mol. The minimum atomic E-state index is -0.676. The lowest BCUT2D eigenvalue weighted by Crippen LogP contribution is -1.80. The molecule has 0 bridgehead atoms. The first-order valence-electron chi connectivity index (χ1n) is 3.96. The molecule has 72 valence electrons. The molecule has 0 fully saturated rings. The van der Waals surface area contributed by atoms with Crippen molar-refractivity contribution < 1.29 is 14.0 Å². The van der Waals surface area contributed by atoms with E-state index in [4.69, 9.17) is 9.63 Å². The molecule has 2 aromatic rings. The van der Waals surface area contributed by atoms with E-state index in [1.54, 1.807) is 6.92 Å². The van der Waals surface area contributed by atoms with Gasteiger partial charge in [0.05, 0.1) is 0 Å². The maximum Gasteiger partial charge on any atom is 0.258 e. The molecule has 0 aliphatic rings. The first-order valence-corrected chi connectivity index (χ1v) is 3.96. The van der Waals surface area contributed by atoms with Crippen molar-refractivity contribution in [2.75, 3.05) is 0 Å². The van der Waals surface area contributed by atoms with Crippen LogP contribution in [0.15, 0.2) is 22.7 Å².